The first-order valence-corrected chi connectivity index (χ1v) is 9.10. The smallest absolute Gasteiger partial charge is 0.334 e. The Hall–Kier alpha value is -1.71. The number of esters is 1. The number of hydrogen-bond donors (Lipinski definition) is 0. The monoisotopic (exact) mass is 326 g/mol. The summed E-state index contributed by atoms with van der Waals surface area (Å²) in [6, 6.07) is 0. The maximum Gasteiger partial charge on any atom is 0.334 e. The first-order chi connectivity index (χ1) is 11.4. The van der Waals surface area contributed by atoms with Gasteiger partial charge < -0.3 is 4.74 Å². The molecule has 2 saturated carbocycles. The van der Waals surface area contributed by atoms with Crippen molar-refractivity contribution < 1.29 is 9.53 Å². The van der Waals surface area contributed by atoms with Gasteiger partial charge in [-0.3, -0.25) is 0 Å². The Morgan fingerprint density at radius 3 is 2.96 bits per heavy atom. The topological polar surface area (TPSA) is 51.0 Å². The van der Waals surface area contributed by atoms with Crippen LogP contribution >= 0.6 is 0 Å². The Balaban J connectivity index is 1.59. The summed E-state index contributed by atoms with van der Waals surface area (Å²) in [6.07, 6.45) is 10.2. The molecule has 4 atom stereocenters. The zero-order valence-corrected chi connectivity index (χ0v) is 14.7. The maximum absolute atomic E-state index is 11.7. The normalized spacial score (nSPS) is 40.8. The standard InChI is InChI=1S/C20H26N2O2/c1-13-4-7-16-19(2,10-8-17-20(16,3)12-21-22-17)15(13)6-5-14-9-11-24-18(14)23/h9,12,15-16H,1,4-8,10-11H2,2-3H3/t15-,16?,19+,20+/m1/s1. The first kappa shape index (κ1) is 15.8. The molecule has 0 bridgehead atoms. The first-order valence-electron chi connectivity index (χ1n) is 9.10. The quantitative estimate of drug-likeness (QED) is 0.579. The van der Waals surface area contributed by atoms with Gasteiger partial charge in [0.25, 0.3) is 0 Å². The molecule has 1 unspecified atom stereocenters. The van der Waals surface area contributed by atoms with Crippen LogP contribution in [0.5, 0.6) is 0 Å². The maximum atomic E-state index is 11.7. The Labute approximate surface area is 143 Å². The van der Waals surface area contributed by atoms with Gasteiger partial charge in [0.1, 0.15) is 6.61 Å². The van der Waals surface area contributed by atoms with Crippen LogP contribution in [0.25, 0.3) is 0 Å². The molecule has 4 heteroatoms. The predicted octanol–water partition coefficient (Wildman–Crippen LogP) is 4.08. The lowest BCUT2D eigenvalue weighted by Gasteiger charge is -2.57. The Bertz CT molecular complexity index is 690. The Kier molecular flexibility index (Phi) is 3.55. The van der Waals surface area contributed by atoms with Gasteiger partial charge in [-0.2, -0.15) is 10.2 Å². The Morgan fingerprint density at radius 2 is 2.21 bits per heavy atom. The Morgan fingerprint density at radius 1 is 1.38 bits per heavy atom. The molecular weight excluding hydrogens is 300 g/mol. The number of carbonyl (C=O) groups is 1. The summed E-state index contributed by atoms with van der Waals surface area (Å²) >= 11 is 0. The van der Waals surface area contributed by atoms with E-state index in [-0.39, 0.29) is 16.8 Å². The number of ether oxygens (including phenoxy) is 1. The zero-order valence-electron chi connectivity index (χ0n) is 14.7. The fraction of sp³-hybridized carbons (Fsp3) is 0.650. The molecule has 4 rings (SSSR count). The highest BCUT2D eigenvalue weighted by Crippen LogP contribution is 2.61. The van der Waals surface area contributed by atoms with Crippen LogP contribution in [0.4, 0.5) is 0 Å². The van der Waals surface area contributed by atoms with Crippen molar-refractivity contribution in [3.05, 3.63) is 23.8 Å². The highest BCUT2D eigenvalue weighted by molar-refractivity contribution is 6.06. The van der Waals surface area contributed by atoms with Gasteiger partial charge in [-0.15, -0.1) is 0 Å². The third-order valence-electron chi connectivity index (χ3n) is 7.10. The molecule has 2 fully saturated rings. The lowest BCUT2D eigenvalue weighted by atomic mass is 9.46. The van der Waals surface area contributed by atoms with E-state index in [2.05, 4.69) is 36.8 Å². The third-order valence-corrected chi connectivity index (χ3v) is 7.10. The van der Waals surface area contributed by atoms with E-state index in [9.17, 15) is 4.79 Å². The molecule has 0 spiro atoms. The number of carbonyl (C=O) groups excluding carboxylic acids is 1. The SMILES string of the molecule is C=C1CCC2[C@]3(C)C=NN=C3CC[C@@]2(C)[C@@H]1CCC1=CCOC1=O. The van der Waals surface area contributed by atoms with Crippen LogP contribution in [0.2, 0.25) is 0 Å². The van der Waals surface area contributed by atoms with E-state index in [1.54, 1.807) is 0 Å². The van der Waals surface area contributed by atoms with Gasteiger partial charge in [0.05, 0.1) is 5.71 Å². The van der Waals surface area contributed by atoms with Gasteiger partial charge in [-0.25, -0.2) is 4.79 Å². The molecule has 0 saturated heterocycles. The van der Waals surface area contributed by atoms with Crippen molar-refractivity contribution in [2.45, 2.75) is 52.4 Å². The molecule has 4 nitrogen and oxygen atoms in total. The van der Waals surface area contributed by atoms with Crippen molar-refractivity contribution in [1.82, 2.24) is 0 Å². The van der Waals surface area contributed by atoms with E-state index in [1.807, 2.05) is 6.08 Å². The molecule has 2 aliphatic heterocycles. The predicted molar refractivity (Wildman–Crippen MR) is 95.0 cm³/mol. The molecular formula is C20H26N2O2. The number of hydrogen-bond acceptors (Lipinski definition) is 4. The third kappa shape index (κ3) is 2.15. The lowest BCUT2D eigenvalue weighted by molar-refractivity contribution is -0.136. The molecule has 0 N–H and O–H groups in total. The fourth-order valence-corrected chi connectivity index (χ4v) is 5.71. The molecule has 24 heavy (non-hydrogen) atoms. The van der Waals surface area contributed by atoms with Gasteiger partial charge in [-0.1, -0.05) is 19.1 Å². The average molecular weight is 326 g/mol. The second-order valence-corrected chi connectivity index (χ2v) is 8.25. The molecule has 0 radical (unpaired) electrons. The number of rotatable bonds is 3. The van der Waals surface area contributed by atoms with E-state index in [4.69, 9.17) is 4.74 Å². The average Bonchev–Trinajstić information content (AvgIpc) is 3.11. The minimum Gasteiger partial charge on any atom is -0.458 e. The van der Waals surface area contributed by atoms with Gasteiger partial charge in [0.2, 0.25) is 0 Å². The van der Waals surface area contributed by atoms with Crippen LogP contribution in [-0.2, 0) is 9.53 Å². The van der Waals surface area contributed by atoms with Gasteiger partial charge in [0, 0.05) is 17.2 Å². The summed E-state index contributed by atoms with van der Waals surface area (Å²) in [7, 11) is 0. The van der Waals surface area contributed by atoms with E-state index >= 15 is 0 Å². The van der Waals surface area contributed by atoms with Crippen molar-refractivity contribution in [2.75, 3.05) is 6.61 Å². The highest BCUT2D eigenvalue weighted by Gasteiger charge is 2.57. The van der Waals surface area contributed by atoms with Crippen LogP contribution in [0.3, 0.4) is 0 Å². The number of fused-ring (bicyclic) bond motifs is 3. The van der Waals surface area contributed by atoms with Crippen LogP contribution < -0.4 is 0 Å². The van der Waals surface area contributed by atoms with Crippen LogP contribution in [0.1, 0.15) is 52.4 Å². The molecule has 0 aromatic heterocycles. The largest absolute Gasteiger partial charge is 0.458 e. The molecule has 4 aliphatic rings. The summed E-state index contributed by atoms with van der Waals surface area (Å²) in [5.74, 6) is 0.882. The summed E-state index contributed by atoms with van der Waals surface area (Å²) in [6.45, 7) is 9.59. The molecule has 2 heterocycles. The second kappa shape index (κ2) is 5.40. The van der Waals surface area contributed by atoms with Crippen molar-refractivity contribution >= 4 is 17.9 Å². The molecule has 0 amide bonds. The van der Waals surface area contributed by atoms with E-state index in [1.165, 1.54) is 11.3 Å². The summed E-state index contributed by atoms with van der Waals surface area (Å²) in [4.78, 5) is 11.7. The van der Waals surface area contributed by atoms with Gasteiger partial charge >= 0.3 is 5.97 Å². The molecule has 0 aromatic rings. The summed E-state index contributed by atoms with van der Waals surface area (Å²) in [5, 5.41) is 8.66. The molecule has 2 aliphatic carbocycles. The fourth-order valence-electron chi connectivity index (χ4n) is 5.71. The number of nitrogens with zero attached hydrogens (tertiary/aromatic N) is 2. The minimum absolute atomic E-state index is 0.0114. The van der Waals surface area contributed by atoms with Crippen molar-refractivity contribution in [3.8, 4) is 0 Å². The highest BCUT2D eigenvalue weighted by atomic mass is 16.5. The van der Waals surface area contributed by atoms with Crippen molar-refractivity contribution in [1.29, 1.82) is 0 Å². The minimum atomic E-state index is -0.133. The van der Waals surface area contributed by atoms with E-state index < -0.39 is 0 Å². The van der Waals surface area contributed by atoms with Crippen molar-refractivity contribution in [3.63, 3.8) is 0 Å². The lowest BCUT2D eigenvalue weighted by Crippen LogP contribution is -2.54. The van der Waals surface area contributed by atoms with E-state index in [0.29, 0.717) is 18.4 Å². The summed E-state index contributed by atoms with van der Waals surface area (Å²) < 4.78 is 5.05. The van der Waals surface area contributed by atoms with Crippen LogP contribution in [0, 0.1) is 22.7 Å². The second-order valence-electron chi connectivity index (χ2n) is 8.25. The van der Waals surface area contributed by atoms with Crippen LogP contribution in [0.15, 0.2) is 34.0 Å². The number of cyclic esters (lactones) is 1. The van der Waals surface area contributed by atoms with Gasteiger partial charge in [0.15, 0.2) is 0 Å². The number of allylic oxidation sites excluding steroid dienone is 1. The van der Waals surface area contributed by atoms with Crippen LogP contribution in [-0.4, -0.2) is 24.5 Å². The van der Waals surface area contributed by atoms with Crippen molar-refractivity contribution in [2.24, 2.45) is 32.9 Å². The molecule has 128 valence electrons. The zero-order chi connectivity index (χ0) is 16.9. The van der Waals surface area contributed by atoms with E-state index in [0.717, 1.165) is 44.1 Å². The summed E-state index contributed by atoms with van der Waals surface area (Å²) in [5.41, 5.74) is 3.69. The molecule has 0 aromatic carbocycles. The van der Waals surface area contributed by atoms with Gasteiger partial charge in [-0.05, 0) is 68.8 Å².